The van der Waals surface area contributed by atoms with E-state index in [4.69, 9.17) is 0 Å². The SMILES string of the molecule is Cc1ccc(NC(=O)C2(c3ccc4c(c3)CCC4)CC2)nc1C. The lowest BCUT2D eigenvalue weighted by molar-refractivity contribution is -0.118. The fourth-order valence-electron chi connectivity index (χ4n) is 3.58. The summed E-state index contributed by atoms with van der Waals surface area (Å²) in [7, 11) is 0. The molecule has 0 radical (unpaired) electrons. The zero-order valence-electron chi connectivity index (χ0n) is 13.8. The minimum Gasteiger partial charge on any atom is -0.310 e. The predicted octanol–water partition coefficient (Wildman–Crippen LogP) is 3.86. The van der Waals surface area contributed by atoms with Crippen molar-refractivity contribution in [1.29, 1.82) is 0 Å². The molecular weight excluding hydrogens is 284 g/mol. The summed E-state index contributed by atoms with van der Waals surface area (Å²) in [6.45, 7) is 4.00. The highest BCUT2D eigenvalue weighted by molar-refractivity contribution is 6.00. The zero-order chi connectivity index (χ0) is 16.0. The lowest BCUT2D eigenvalue weighted by Gasteiger charge is -2.17. The Hall–Kier alpha value is -2.16. The number of hydrogen-bond acceptors (Lipinski definition) is 2. The minimum absolute atomic E-state index is 0.0891. The number of aryl methyl sites for hydroxylation is 4. The van der Waals surface area contributed by atoms with Crippen molar-refractivity contribution < 1.29 is 4.79 Å². The molecule has 0 saturated heterocycles. The Morgan fingerprint density at radius 2 is 1.87 bits per heavy atom. The molecule has 3 nitrogen and oxygen atoms in total. The number of anilines is 1. The van der Waals surface area contributed by atoms with Gasteiger partial charge in [-0.2, -0.15) is 0 Å². The topological polar surface area (TPSA) is 42.0 Å². The molecule has 1 N–H and O–H groups in total. The van der Waals surface area contributed by atoms with E-state index in [1.165, 1.54) is 29.5 Å². The Balaban J connectivity index is 1.59. The number of aromatic nitrogens is 1. The van der Waals surface area contributed by atoms with Crippen molar-refractivity contribution in [2.45, 2.75) is 51.4 Å². The number of fused-ring (bicyclic) bond motifs is 1. The second-order valence-electron chi connectivity index (χ2n) is 6.97. The maximum Gasteiger partial charge on any atom is 0.236 e. The quantitative estimate of drug-likeness (QED) is 0.935. The monoisotopic (exact) mass is 306 g/mol. The number of carbonyl (C=O) groups excluding carboxylic acids is 1. The van der Waals surface area contributed by atoms with E-state index in [0.29, 0.717) is 5.82 Å². The molecule has 23 heavy (non-hydrogen) atoms. The highest BCUT2D eigenvalue weighted by Crippen LogP contribution is 2.49. The minimum atomic E-state index is -0.335. The summed E-state index contributed by atoms with van der Waals surface area (Å²) in [4.78, 5) is 17.3. The third kappa shape index (κ3) is 2.44. The van der Waals surface area contributed by atoms with Crippen LogP contribution in [0.15, 0.2) is 30.3 Å². The number of carbonyl (C=O) groups is 1. The smallest absolute Gasteiger partial charge is 0.236 e. The Bertz CT molecular complexity index is 790. The first-order valence-electron chi connectivity index (χ1n) is 8.46. The van der Waals surface area contributed by atoms with Crippen LogP contribution >= 0.6 is 0 Å². The predicted molar refractivity (Wildman–Crippen MR) is 91.7 cm³/mol. The van der Waals surface area contributed by atoms with E-state index in [-0.39, 0.29) is 11.3 Å². The summed E-state index contributed by atoms with van der Waals surface area (Å²) in [5, 5.41) is 3.03. The average Bonchev–Trinajstić information content (AvgIpc) is 3.22. The molecule has 0 aliphatic heterocycles. The Morgan fingerprint density at radius 1 is 1.09 bits per heavy atom. The van der Waals surface area contributed by atoms with Gasteiger partial charge in [-0.15, -0.1) is 0 Å². The molecule has 1 amide bonds. The molecule has 3 heteroatoms. The standard InChI is InChI=1S/C20H22N2O/c1-13-6-9-18(21-14(13)2)22-19(23)20(10-11-20)17-8-7-15-4-3-5-16(15)12-17/h6-9,12H,3-5,10-11H2,1-2H3,(H,21,22,23). The Labute approximate surface area is 137 Å². The summed E-state index contributed by atoms with van der Waals surface area (Å²) in [6, 6.07) is 10.5. The second kappa shape index (κ2) is 5.19. The van der Waals surface area contributed by atoms with Crippen molar-refractivity contribution >= 4 is 11.7 Å². The van der Waals surface area contributed by atoms with Gasteiger partial charge < -0.3 is 5.32 Å². The van der Waals surface area contributed by atoms with Crippen LogP contribution in [-0.2, 0) is 23.1 Å². The van der Waals surface area contributed by atoms with Crippen LogP contribution in [-0.4, -0.2) is 10.9 Å². The van der Waals surface area contributed by atoms with Crippen LogP contribution in [0, 0.1) is 13.8 Å². The maximum atomic E-state index is 12.8. The van der Waals surface area contributed by atoms with Crippen molar-refractivity contribution in [2.24, 2.45) is 0 Å². The van der Waals surface area contributed by atoms with Gasteiger partial charge in [0.25, 0.3) is 0 Å². The molecule has 1 aromatic carbocycles. The summed E-state index contributed by atoms with van der Waals surface area (Å²) in [5.74, 6) is 0.747. The molecule has 0 atom stereocenters. The first-order valence-corrected chi connectivity index (χ1v) is 8.46. The van der Waals surface area contributed by atoms with E-state index >= 15 is 0 Å². The summed E-state index contributed by atoms with van der Waals surface area (Å²) in [5.41, 5.74) is 5.84. The maximum absolute atomic E-state index is 12.8. The number of nitrogens with one attached hydrogen (secondary N) is 1. The zero-order valence-corrected chi connectivity index (χ0v) is 13.8. The van der Waals surface area contributed by atoms with Gasteiger partial charge in [-0.3, -0.25) is 4.79 Å². The van der Waals surface area contributed by atoms with Gasteiger partial charge in [-0.25, -0.2) is 4.98 Å². The lowest BCUT2D eigenvalue weighted by Crippen LogP contribution is -2.28. The van der Waals surface area contributed by atoms with Crippen LogP contribution in [0.25, 0.3) is 0 Å². The number of amides is 1. The molecular formula is C20H22N2O. The van der Waals surface area contributed by atoms with Crippen LogP contribution in [0.3, 0.4) is 0 Å². The van der Waals surface area contributed by atoms with Gasteiger partial charge in [0, 0.05) is 5.69 Å². The van der Waals surface area contributed by atoms with Crippen LogP contribution in [0.1, 0.15) is 47.2 Å². The molecule has 1 aromatic heterocycles. The summed E-state index contributed by atoms with van der Waals surface area (Å²) >= 11 is 0. The van der Waals surface area contributed by atoms with E-state index in [1.807, 2.05) is 26.0 Å². The van der Waals surface area contributed by atoms with Crippen LogP contribution < -0.4 is 5.32 Å². The van der Waals surface area contributed by atoms with E-state index in [1.54, 1.807) is 0 Å². The van der Waals surface area contributed by atoms with Crippen molar-refractivity contribution in [2.75, 3.05) is 5.32 Å². The molecule has 118 valence electrons. The number of hydrogen-bond donors (Lipinski definition) is 1. The van der Waals surface area contributed by atoms with Gasteiger partial charge in [0.2, 0.25) is 5.91 Å². The van der Waals surface area contributed by atoms with E-state index in [2.05, 4.69) is 28.5 Å². The lowest BCUT2D eigenvalue weighted by atomic mass is 9.92. The van der Waals surface area contributed by atoms with Gasteiger partial charge in [-0.05, 0) is 74.3 Å². The van der Waals surface area contributed by atoms with Crippen LogP contribution in [0.4, 0.5) is 5.82 Å². The van der Waals surface area contributed by atoms with Crippen LogP contribution in [0.2, 0.25) is 0 Å². The Morgan fingerprint density at radius 3 is 2.61 bits per heavy atom. The molecule has 0 spiro atoms. The largest absolute Gasteiger partial charge is 0.310 e. The first-order chi connectivity index (χ1) is 11.1. The molecule has 4 rings (SSSR count). The normalized spacial score (nSPS) is 17.7. The average molecular weight is 306 g/mol. The molecule has 2 aliphatic rings. The molecule has 0 unspecified atom stereocenters. The molecule has 0 bridgehead atoms. The highest BCUT2D eigenvalue weighted by Gasteiger charge is 2.51. The molecule has 1 heterocycles. The third-order valence-corrected chi connectivity index (χ3v) is 5.43. The highest BCUT2D eigenvalue weighted by atomic mass is 16.2. The van der Waals surface area contributed by atoms with Crippen molar-refractivity contribution in [3.8, 4) is 0 Å². The van der Waals surface area contributed by atoms with Crippen molar-refractivity contribution in [3.63, 3.8) is 0 Å². The number of benzene rings is 1. The molecule has 2 aromatic rings. The summed E-state index contributed by atoms with van der Waals surface area (Å²) < 4.78 is 0. The van der Waals surface area contributed by atoms with Gasteiger partial charge in [0.05, 0.1) is 5.41 Å². The number of pyridine rings is 1. The summed E-state index contributed by atoms with van der Waals surface area (Å²) in [6.07, 6.45) is 5.44. The Kier molecular flexibility index (Phi) is 3.26. The first kappa shape index (κ1) is 14.4. The number of nitrogens with zero attached hydrogens (tertiary/aromatic N) is 1. The molecule has 1 saturated carbocycles. The van der Waals surface area contributed by atoms with E-state index < -0.39 is 0 Å². The van der Waals surface area contributed by atoms with Gasteiger partial charge in [0.1, 0.15) is 5.82 Å². The van der Waals surface area contributed by atoms with E-state index in [0.717, 1.165) is 30.5 Å². The van der Waals surface area contributed by atoms with Crippen molar-refractivity contribution in [3.05, 3.63) is 58.3 Å². The van der Waals surface area contributed by atoms with E-state index in [9.17, 15) is 4.79 Å². The molecule has 1 fully saturated rings. The van der Waals surface area contributed by atoms with Gasteiger partial charge in [0.15, 0.2) is 0 Å². The van der Waals surface area contributed by atoms with Gasteiger partial charge >= 0.3 is 0 Å². The fourth-order valence-corrected chi connectivity index (χ4v) is 3.58. The number of rotatable bonds is 3. The second-order valence-corrected chi connectivity index (χ2v) is 6.97. The van der Waals surface area contributed by atoms with Gasteiger partial charge in [-0.1, -0.05) is 24.3 Å². The van der Waals surface area contributed by atoms with Crippen molar-refractivity contribution in [1.82, 2.24) is 4.98 Å². The molecule has 2 aliphatic carbocycles. The third-order valence-electron chi connectivity index (χ3n) is 5.43. The van der Waals surface area contributed by atoms with Crippen LogP contribution in [0.5, 0.6) is 0 Å². The fraction of sp³-hybridized carbons (Fsp3) is 0.400.